The molecule has 0 aliphatic heterocycles. The van der Waals surface area contributed by atoms with E-state index in [1.807, 2.05) is 13.8 Å². The molecule has 0 atom stereocenters. The van der Waals surface area contributed by atoms with Gasteiger partial charge in [-0.1, -0.05) is 13.8 Å². The summed E-state index contributed by atoms with van der Waals surface area (Å²) in [5, 5.41) is 5.00. The molecule has 0 saturated heterocycles. The van der Waals surface area contributed by atoms with Crippen molar-refractivity contribution in [1.82, 2.24) is 4.90 Å². The largest absolute Gasteiger partial charge is 0.341 e. The summed E-state index contributed by atoms with van der Waals surface area (Å²) >= 11 is 3.01. The van der Waals surface area contributed by atoms with Crippen LogP contribution in [0.4, 0.5) is 4.39 Å². The van der Waals surface area contributed by atoms with Crippen LogP contribution in [-0.2, 0) is 10.0 Å². The molecule has 1 amide bonds. The maximum atomic E-state index is 13.5. The molecule has 2 N–H and O–H groups in total. The summed E-state index contributed by atoms with van der Waals surface area (Å²) in [6.07, 6.45) is 0. The molecule has 0 bridgehead atoms. The third kappa shape index (κ3) is 4.00. The highest BCUT2D eigenvalue weighted by Crippen LogP contribution is 2.27. The average molecular weight is 367 g/mol. The van der Waals surface area contributed by atoms with Gasteiger partial charge in [-0.05, 0) is 34.0 Å². The van der Waals surface area contributed by atoms with Crippen molar-refractivity contribution >= 4 is 31.9 Å². The molecule has 0 radical (unpaired) electrons. The van der Waals surface area contributed by atoms with Crippen LogP contribution in [0, 0.1) is 11.7 Å². The molecule has 0 aromatic heterocycles. The Morgan fingerprint density at radius 3 is 2.45 bits per heavy atom. The topological polar surface area (TPSA) is 80.5 Å². The molecule has 0 spiro atoms. The van der Waals surface area contributed by atoms with E-state index < -0.39 is 26.6 Å². The maximum Gasteiger partial charge on any atom is 0.254 e. The minimum Gasteiger partial charge on any atom is -0.341 e. The van der Waals surface area contributed by atoms with Crippen LogP contribution in [-0.4, -0.2) is 32.8 Å². The quantitative estimate of drug-likeness (QED) is 0.884. The fourth-order valence-corrected chi connectivity index (χ4v) is 3.48. The lowest BCUT2D eigenvalue weighted by atomic mass is 10.1. The normalized spacial score (nSPS) is 11.8. The van der Waals surface area contributed by atoms with Gasteiger partial charge >= 0.3 is 0 Å². The van der Waals surface area contributed by atoms with Gasteiger partial charge in [0.1, 0.15) is 5.82 Å². The fourth-order valence-electron chi connectivity index (χ4n) is 1.76. The summed E-state index contributed by atoms with van der Waals surface area (Å²) in [5.74, 6) is -1.08. The number of rotatable bonds is 4. The molecular weight excluding hydrogens is 351 g/mol. The predicted molar refractivity (Wildman–Crippen MR) is 77.3 cm³/mol. The Hall–Kier alpha value is -0.990. The van der Waals surface area contributed by atoms with Gasteiger partial charge in [0.2, 0.25) is 10.0 Å². The van der Waals surface area contributed by atoms with Crippen molar-refractivity contribution in [1.29, 1.82) is 0 Å². The Bertz CT molecular complexity index is 632. The third-order valence-corrected chi connectivity index (χ3v) is 4.58. The molecule has 112 valence electrons. The smallest absolute Gasteiger partial charge is 0.254 e. The lowest BCUT2D eigenvalue weighted by Gasteiger charge is -2.20. The number of nitrogens with zero attached hydrogens (tertiary/aromatic N) is 1. The molecule has 0 aliphatic carbocycles. The van der Waals surface area contributed by atoms with Gasteiger partial charge in [0.25, 0.3) is 5.91 Å². The summed E-state index contributed by atoms with van der Waals surface area (Å²) in [4.78, 5) is 13.2. The van der Waals surface area contributed by atoms with Crippen molar-refractivity contribution in [3.8, 4) is 0 Å². The van der Waals surface area contributed by atoms with Crippen molar-refractivity contribution in [3.63, 3.8) is 0 Å². The second-order valence-electron chi connectivity index (χ2n) is 4.89. The number of carbonyl (C=O) groups is 1. The van der Waals surface area contributed by atoms with Crippen LogP contribution in [0.25, 0.3) is 0 Å². The van der Waals surface area contributed by atoms with Gasteiger partial charge < -0.3 is 4.90 Å². The number of carbonyl (C=O) groups excluding carboxylic acids is 1. The highest BCUT2D eigenvalue weighted by Gasteiger charge is 2.23. The number of hydrogen-bond donors (Lipinski definition) is 1. The molecule has 20 heavy (non-hydrogen) atoms. The minimum atomic E-state index is -4.12. The van der Waals surface area contributed by atoms with Gasteiger partial charge in [-0.15, -0.1) is 0 Å². The molecular formula is C12H16BrFN2O3S. The standard InChI is InChI=1S/C12H16BrFN2O3S/c1-7(2)6-16(3)12(17)9-4-8(14)5-10(11(9)13)20(15,18)19/h4-5,7H,6H2,1-3H3,(H2,15,18,19). The zero-order valence-corrected chi connectivity index (χ0v) is 13.8. The number of nitrogens with two attached hydrogens (primary N) is 1. The number of amides is 1. The lowest BCUT2D eigenvalue weighted by molar-refractivity contribution is 0.0777. The second-order valence-corrected chi connectivity index (χ2v) is 7.21. The van der Waals surface area contributed by atoms with Gasteiger partial charge in [-0.2, -0.15) is 0 Å². The molecule has 8 heteroatoms. The van der Waals surface area contributed by atoms with Gasteiger partial charge in [-0.3, -0.25) is 4.79 Å². The van der Waals surface area contributed by atoms with E-state index in [-0.39, 0.29) is 16.0 Å². The van der Waals surface area contributed by atoms with Crippen LogP contribution in [0.15, 0.2) is 21.5 Å². The van der Waals surface area contributed by atoms with Crippen molar-refractivity contribution in [2.45, 2.75) is 18.7 Å². The zero-order valence-electron chi connectivity index (χ0n) is 11.4. The van der Waals surface area contributed by atoms with E-state index in [1.165, 1.54) is 4.90 Å². The highest BCUT2D eigenvalue weighted by atomic mass is 79.9. The summed E-state index contributed by atoms with van der Waals surface area (Å²) in [5.41, 5.74) is -0.0721. The summed E-state index contributed by atoms with van der Waals surface area (Å²) in [6, 6.07) is 1.76. The zero-order chi connectivity index (χ0) is 15.7. The Morgan fingerprint density at radius 2 is 2.00 bits per heavy atom. The van der Waals surface area contributed by atoms with Crippen LogP contribution in [0.2, 0.25) is 0 Å². The van der Waals surface area contributed by atoms with E-state index in [0.717, 1.165) is 12.1 Å². The predicted octanol–water partition coefficient (Wildman–Crippen LogP) is 1.96. The number of halogens is 2. The van der Waals surface area contributed by atoms with E-state index in [4.69, 9.17) is 5.14 Å². The number of primary sulfonamides is 1. The van der Waals surface area contributed by atoms with Crippen molar-refractivity contribution in [3.05, 3.63) is 28.0 Å². The molecule has 5 nitrogen and oxygen atoms in total. The van der Waals surface area contributed by atoms with E-state index in [9.17, 15) is 17.6 Å². The first-order valence-electron chi connectivity index (χ1n) is 5.81. The summed E-state index contributed by atoms with van der Waals surface area (Å²) < 4.78 is 36.3. The monoisotopic (exact) mass is 366 g/mol. The Morgan fingerprint density at radius 1 is 1.45 bits per heavy atom. The highest BCUT2D eigenvalue weighted by molar-refractivity contribution is 9.10. The van der Waals surface area contributed by atoms with Crippen LogP contribution < -0.4 is 5.14 Å². The molecule has 0 saturated carbocycles. The fraction of sp³-hybridized carbons (Fsp3) is 0.417. The third-order valence-electron chi connectivity index (χ3n) is 2.53. The van der Waals surface area contributed by atoms with Crippen molar-refractivity contribution in [2.24, 2.45) is 11.1 Å². The SMILES string of the molecule is CC(C)CN(C)C(=O)c1cc(F)cc(S(N)(=O)=O)c1Br. The van der Waals surface area contributed by atoms with Gasteiger partial charge in [-0.25, -0.2) is 17.9 Å². The Labute approximate surface area is 126 Å². The molecule has 0 unspecified atom stereocenters. The number of benzene rings is 1. The maximum absolute atomic E-state index is 13.5. The van der Waals surface area contributed by atoms with Gasteiger partial charge in [0.05, 0.1) is 14.9 Å². The van der Waals surface area contributed by atoms with Gasteiger partial charge in [0.15, 0.2) is 0 Å². The second kappa shape index (κ2) is 6.19. The molecule has 0 fully saturated rings. The summed E-state index contributed by atoms with van der Waals surface area (Å²) in [7, 11) is -2.55. The van der Waals surface area contributed by atoms with Crippen molar-refractivity contribution < 1.29 is 17.6 Å². The van der Waals surface area contributed by atoms with E-state index in [2.05, 4.69) is 15.9 Å². The average Bonchev–Trinajstić information content (AvgIpc) is 2.28. The van der Waals surface area contributed by atoms with Crippen LogP contribution in [0.1, 0.15) is 24.2 Å². The number of hydrogen-bond acceptors (Lipinski definition) is 3. The van der Waals surface area contributed by atoms with E-state index >= 15 is 0 Å². The number of sulfonamides is 1. The van der Waals surface area contributed by atoms with Crippen molar-refractivity contribution in [2.75, 3.05) is 13.6 Å². The molecule has 1 aromatic carbocycles. The molecule has 0 heterocycles. The lowest BCUT2D eigenvalue weighted by Crippen LogP contribution is -2.31. The first kappa shape index (κ1) is 17.1. The first-order chi connectivity index (χ1) is 9.04. The van der Waals surface area contributed by atoms with Crippen LogP contribution >= 0.6 is 15.9 Å². The summed E-state index contributed by atoms with van der Waals surface area (Å²) in [6.45, 7) is 4.33. The minimum absolute atomic E-state index is 0.0259. The van der Waals surface area contributed by atoms with E-state index in [0.29, 0.717) is 6.54 Å². The first-order valence-corrected chi connectivity index (χ1v) is 8.15. The van der Waals surface area contributed by atoms with Gasteiger partial charge in [0, 0.05) is 13.6 Å². The van der Waals surface area contributed by atoms with E-state index in [1.54, 1.807) is 7.05 Å². The Kier molecular flexibility index (Phi) is 5.28. The molecule has 0 aliphatic rings. The van der Waals surface area contributed by atoms with Crippen LogP contribution in [0.5, 0.6) is 0 Å². The Balaban J connectivity index is 3.33. The molecule has 1 rings (SSSR count). The molecule has 1 aromatic rings. The van der Waals surface area contributed by atoms with Crippen LogP contribution in [0.3, 0.4) is 0 Å².